The molecule has 3 fully saturated rings. The molecule has 0 bridgehead atoms. The maximum Gasteiger partial charge on any atom is 0.239 e. The Bertz CT molecular complexity index is 302. The van der Waals surface area contributed by atoms with Crippen LogP contribution in [0.2, 0.25) is 0 Å². The van der Waals surface area contributed by atoms with Gasteiger partial charge in [-0.15, -0.1) is 0 Å². The van der Waals surface area contributed by atoms with E-state index in [-0.39, 0.29) is 11.9 Å². The minimum absolute atomic E-state index is 0.0301. The third-order valence-electron chi connectivity index (χ3n) is 4.50. The molecule has 1 heterocycles. The van der Waals surface area contributed by atoms with E-state index in [1.54, 1.807) is 0 Å². The van der Waals surface area contributed by atoms with Crippen LogP contribution in [0.1, 0.15) is 26.2 Å². The van der Waals surface area contributed by atoms with Crippen LogP contribution in [0.5, 0.6) is 0 Å². The van der Waals surface area contributed by atoms with Gasteiger partial charge in [-0.3, -0.25) is 4.79 Å². The number of fused-ring (bicyclic) bond motifs is 1. The molecule has 1 amide bonds. The SMILES string of the molecule is CC(NC1CC[C@H]2C[C@@H]12)C(=O)N1CCOCC1. The molecular weight excluding hydrogens is 216 g/mol. The van der Waals surface area contributed by atoms with Crippen LogP contribution in [0.15, 0.2) is 0 Å². The lowest BCUT2D eigenvalue weighted by molar-refractivity contribution is -0.137. The summed E-state index contributed by atoms with van der Waals surface area (Å²) >= 11 is 0. The van der Waals surface area contributed by atoms with E-state index in [4.69, 9.17) is 4.74 Å². The Kier molecular flexibility index (Phi) is 3.09. The molecule has 0 aromatic heterocycles. The van der Waals surface area contributed by atoms with Crippen LogP contribution in [0.3, 0.4) is 0 Å². The molecule has 17 heavy (non-hydrogen) atoms. The van der Waals surface area contributed by atoms with Gasteiger partial charge in [0.2, 0.25) is 5.91 Å². The molecule has 1 saturated heterocycles. The molecule has 0 spiro atoms. The van der Waals surface area contributed by atoms with Crippen molar-refractivity contribution < 1.29 is 9.53 Å². The second-order valence-corrected chi connectivity index (χ2v) is 5.67. The Morgan fingerprint density at radius 1 is 1.35 bits per heavy atom. The molecule has 0 aromatic carbocycles. The predicted octanol–water partition coefficient (Wildman–Crippen LogP) is 0.622. The molecule has 0 radical (unpaired) electrons. The molecule has 96 valence electrons. The minimum atomic E-state index is -0.0301. The molecule has 1 aliphatic heterocycles. The van der Waals surface area contributed by atoms with E-state index < -0.39 is 0 Å². The molecule has 2 unspecified atom stereocenters. The number of nitrogens with one attached hydrogen (secondary N) is 1. The van der Waals surface area contributed by atoms with Crippen LogP contribution in [0.4, 0.5) is 0 Å². The van der Waals surface area contributed by atoms with Crippen molar-refractivity contribution in [1.82, 2.24) is 10.2 Å². The average Bonchev–Trinajstić information content (AvgIpc) is 3.06. The first-order valence-electron chi connectivity index (χ1n) is 6.88. The van der Waals surface area contributed by atoms with E-state index in [2.05, 4.69) is 5.32 Å². The van der Waals surface area contributed by atoms with E-state index in [1.165, 1.54) is 19.3 Å². The fourth-order valence-electron chi connectivity index (χ4n) is 3.36. The molecule has 2 aliphatic carbocycles. The summed E-state index contributed by atoms with van der Waals surface area (Å²) in [6.45, 7) is 4.88. The highest BCUT2D eigenvalue weighted by atomic mass is 16.5. The molecule has 3 rings (SSSR count). The highest BCUT2D eigenvalue weighted by Crippen LogP contribution is 2.51. The van der Waals surface area contributed by atoms with Crippen molar-refractivity contribution in [2.75, 3.05) is 26.3 Å². The summed E-state index contributed by atoms with van der Waals surface area (Å²) in [5.74, 6) is 2.09. The van der Waals surface area contributed by atoms with Crippen LogP contribution < -0.4 is 5.32 Å². The van der Waals surface area contributed by atoms with Gasteiger partial charge >= 0.3 is 0 Å². The maximum absolute atomic E-state index is 12.2. The molecule has 2 saturated carbocycles. The zero-order chi connectivity index (χ0) is 11.8. The summed E-state index contributed by atoms with van der Waals surface area (Å²) in [6.07, 6.45) is 4.01. The van der Waals surface area contributed by atoms with E-state index in [0.717, 1.165) is 24.9 Å². The molecule has 1 N–H and O–H groups in total. The Labute approximate surface area is 103 Å². The summed E-state index contributed by atoms with van der Waals surface area (Å²) in [6, 6.07) is 0.567. The number of hydrogen-bond donors (Lipinski definition) is 1. The highest BCUT2D eigenvalue weighted by molar-refractivity contribution is 5.81. The average molecular weight is 238 g/mol. The Morgan fingerprint density at radius 3 is 2.71 bits per heavy atom. The fourth-order valence-corrected chi connectivity index (χ4v) is 3.36. The monoisotopic (exact) mass is 238 g/mol. The second kappa shape index (κ2) is 4.58. The first kappa shape index (κ1) is 11.5. The van der Waals surface area contributed by atoms with Gasteiger partial charge in [0, 0.05) is 19.1 Å². The van der Waals surface area contributed by atoms with E-state index in [9.17, 15) is 4.79 Å². The maximum atomic E-state index is 12.2. The fraction of sp³-hybridized carbons (Fsp3) is 0.923. The van der Waals surface area contributed by atoms with Gasteiger partial charge in [-0.2, -0.15) is 0 Å². The van der Waals surface area contributed by atoms with Gasteiger partial charge in [0.1, 0.15) is 0 Å². The summed E-state index contributed by atoms with van der Waals surface area (Å²) in [7, 11) is 0. The number of hydrogen-bond acceptors (Lipinski definition) is 3. The number of carbonyl (C=O) groups excluding carboxylic acids is 1. The first-order chi connectivity index (χ1) is 8.25. The quantitative estimate of drug-likeness (QED) is 0.784. The summed E-state index contributed by atoms with van der Waals surface area (Å²) in [4.78, 5) is 14.1. The summed E-state index contributed by atoms with van der Waals surface area (Å²) in [5.41, 5.74) is 0. The van der Waals surface area contributed by atoms with Gasteiger partial charge in [0.15, 0.2) is 0 Å². The molecule has 4 heteroatoms. The van der Waals surface area contributed by atoms with Crippen molar-refractivity contribution in [3.05, 3.63) is 0 Å². The van der Waals surface area contributed by atoms with Crippen molar-refractivity contribution in [3.8, 4) is 0 Å². The van der Waals surface area contributed by atoms with E-state index in [1.807, 2.05) is 11.8 Å². The van der Waals surface area contributed by atoms with Gasteiger partial charge in [-0.1, -0.05) is 0 Å². The van der Waals surface area contributed by atoms with Crippen molar-refractivity contribution >= 4 is 5.91 Å². The van der Waals surface area contributed by atoms with Gasteiger partial charge in [0.05, 0.1) is 19.3 Å². The van der Waals surface area contributed by atoms with Crippen LogP contribution in [0, 0.1) is 11.8 Å². The van der Waals surface area contributed by atoms with Gasteiger partial charge in [-0.05, 0) is 38.0 Å². The Balaban J connectivity index is 1.50. The molecule has 4 nitrogen and oxygen atoms in total. The molecule has 3 aliphatic rings. The van der Waals surface area contributed by atoms with Gasteiger partial charge in [-0.25, -0.2) is 0 Å². The largest absolute Gasteiger partial charge is 0.378 e. The smallest absolute Gasteiger partial charge is 0.239 e. The third-order valence-corrected chi connectivity index (χ3v) is 4.50. The van der Waals surface area contributed by atoms with Crippen LogP contribution in [0.25, 0.3) is 0 Å². The predicted molar refractivity (Wildman–Crippen MR) is 64.6 cm³/mol. The standard InChI is InChI=1S/C13H22N2O2/c1-9(13(16)15-4-6-17-7-5-15)14-12-3-2-10-8-11(10)12/h9-12,14H,2-8H2,1H3/t9?,10-,11+,12?/m0/s1. The lowest BCUT2D eigenvalue weighted by Crippen LogP contribution is -2.51. The number of morpholine rings is 1. The highest BCUT2D eigenvalue weighted by Gasteiger charge is 2.48. The number of nitrogens with zero attached hydrogens (tertiary/aromatic N) is 1. The number of amides is 1. The number of carbonyl (C=O) groups is 1. The molecule has 0 aromatic rings. The van der Waals surface area contributed by atoms with Crippen LogP contribution in [-0.2, 0) is 9.53 Å². The third kappa shape index (κ3) is 2.33. The van der Waals surface area contributed by atoms with Gasteiger partial charge in [0.25, 0.3) is 0 Å². The van der Waals surface area contributed by atoms with Gasteiger partial charge < -0.3 is 15.0 Å². The Hall–Kier alpha value is -0.610. The van der Waals surface area contributed by atoms with Crippen molar-refractivity contribution in [2.24, 2.45) is 11.8 Å². The molecule has 4 atom stereocenters. The number of rotatable bonds is 3. The topological polar surface area (TPSA) is 41.6 Å². The van der Waals surface area contributed by atoms with E-state index in [0.29, 0.717) is 19.3 Å². The van der Waals surface area contributed by atoms with Crippen molar-refractivity contribution in [2.45, 2.75) is 38.3 Å². The van der Waals surface area contributed by atoms with Crippen LogP contribution in [-0.4, -0.2) is 49.2 Å². The zero-order valence-electron chi connectivity index (χ0n) is 10.5. The second-order valence-electron chi connectivity index (χ2n) is 5.67. The minimum Gasteiger partial charge on any atom is -0.378 e. The number of ether oxygens (including phenoxy) is 1. The first-order valence-corrected chi connectivity index (χ1v) is 6.88. The lowest BCUT2D eigenvalue weighted by atomic mass is 10.1. The Morgan fingerprint density at radius 2 is 2.12 bits per heavy atom. The normalized spacial score (nSPS) is 37.7. The van der Waals surface area contributed by atoms with E-state index >= 15 is 0 Å². The zero-order valence-corrected chi connectivity index (χ0v) is 10.5. The summed E-state index contributed by atoms with van der Waals surface area (Å²) < 4.78 is 5.27. The van der Waals surface area contributed by atoms with Crippen molar-refractivity contribution in [3.63, 3.8) is 0 Å². The van der Waals surface area contributed by atoms with Crippen molar-refractivity contribution in [1.29, 1.82) is 0 Å². The lowest BCUT2D eigenvalue weighted by Gasteiger charge is -2.30. The van der Waals surface area contributed by atoms with Crippen LogP contribution >= 0.6 is 0 Å². The summed E-state index contributed by atoms with van der Waals surface area (Å²) in [5, 5.41) is 3.54. The molecular formula is C13H22N2O2.